The summed E-state index contributed by atoms with van der Waals surface area (Å²) in [7, 11) is 3.84. The zero-order chi connectivity index (χ0) is 15.4. The van der Waals surface area contributed by atoms with Crippen molar-refractivity contribution in [3.05, 3.63) is 16.1 Å². The highest BCUT2D eigenvalue weighted by Gasteiger charge is 2.21. The first-order valence-corrected chi connectivity index (χ1v) is 8.10. The molecule has 6 nitrogen and oxygen atoms in total. The van der Waals surface area contributed by atoms with Gasteiger partial charge in [0.2, 0.25) is 0 Å². The van der Waals surface area contributed by atoms with Crippen molar-refractivity contribution in [2.45, 2.75) is 13.0 Å². The molecule has 1 unspecified atom stereocenters. The lowest BCUT2D eigenvalue weighted by Crippen LogP contribution is -2.48. The van der Waals surface area contributed by atoms with Crippen LogP contribution in [-0.4, -0.2) is 90.2 Å². The Balaban J connectivity index is 1.80. The van der Waals surface area contributed by atoms with E-state index < -0.39 is 6.10 Å². The molecule has 0 aliphatic carbocycles. The number of aromatic nitrogens is 1. The molecule has 1 fully saturated rings. The minimum Gasteiger partial charge on any atom is -0.390 e. The second kappa shape index (κ2) is 7.31. The summed E-state index contributed by atoms with van der Waals surface area (Å²) in [6.45, 7) is 6.80. The van der Waals surface area contributed by atoms with E-state index in [1.807, 2.05) is 6.92 Å². The molecular formula is C14H24N4O2S. The topological polar surface area (TPSA) is 59.9 Å². The summed E-state index contributed by atoms with van der Waals surface area (Å²) in [6.07, 6.45) is -0.518. The van der Waals surface area contributed by atoms with E-state index in [1.54, 1.807) is 17.5 Å². The Labute approximate surface area is 130 Å². The van der Waals surface area contributed by atoms with Crippen LogP contribution in [0.25, 0.3) is 0 Å². The highest BCUT2D eigenvalue weighted by atomic mass is 32.1. The second-order valence-electron chi connectivity index (χ2n) is 5.71. The van der Waals surface area contributed by atoms with Crippen LogP contribution in [-0.2, 0) is 0 Å². The number of carbonyl (C=O) groups excluding carboxylic acids is 1. The van der Waals surface area contributed by atoms with E-state index in [1.165, 1.54) is 11.3 Å². The third-order valence-corrected chi connectivity index (χ3v) is 4.75. The maximum Gasteiger partial charge on any atom is 0.265 e. The first-order valence-electron chi connectivity index (χ1n) is 7.22. The van der Waals surface area contributed by atoms with Crippen LogP contribution in [0.3, 0.4) is 0 Å². The molecule has 1 N–H and O–H groups in total. The van der Waals surface area contributed by atoms with Crippen LogP contribution in [0.1, 0.15) is 15.4 Å². The van der Waals surface area contributed by atoms with Crippen LogP contribution in [0.4, 0.5) is 0 Å². The zero-order valence-corrected chi connectivity index (χ0v) is 13.8. The van der Waals surface area contributed by atoms with Gasteiger partial charge >= 0.3 is 0 Å². The molecule has 21 heavy (non-hydrogen) atoms. The summed E-state index contributed by atoms with van der Waals surface area (Å²) in [5.74, 6) is -0.0626. The van der Waals surface area contributed by atoms with Gasteiger partial charge in [0, 0.05) is 46.3 Å². The van der Waals surface area contributed by atoms with Crippen molar-refractivity contribution < 1.29 is 9.90 Å². The van der Waals surface area contributed by atoms with E-state index in [0.29, 0.717) is 18.0 Å². The van der Waals surface area contributed by atoms with Crippen molar-refractivity contribution in [1.29, 1.82) is 0 Å². The van der Waals surface area contributed by atoms with Crippen molar-refractivity contribution in [2.24, 2.45) is 0 Å². The molecule has 1 amide bonds. The molecule has 0 bridgehead atoms. The highest BCUT2D eigenvalue weighted by Crippen LogP contribution is 2.14. The van der Waals surface area contributed by atoms with Gasteiger partial charge in [-0.2, -0.15) is 0 Å². The Kier molecular flexibility index (Phi) is 5.69. The van der Waals surface area contributed by atoms with Crippen LogP contribution in [0.5, 0.6) is 0 Å². The summed E-state index contributed by atoms with van der Waals surface area (Å²) in [5.41, 5.74) is 2.43. The van der Waals surface area contributed by atoms with E-state index in [0.717, 1.165) is 31.9 Å². The molecule has 1 saturated heterocycles. The van der Waals surface area contributed by atoms with Gasteiger partial charge in [-0.05, 0) is 14.0 Å². The second-order valence-corrected chi connectivity index (χ2v) is 6.57. The number of amides is 1. The van der Waals surface area contributed by atoms with E-state index >= 15 is 0 Å². The SMILES string of the molecule is Cc1ncsc1C(=O)N(C)CC(O)CN1CCN(C)CC1. The van der Waals surface area contributed by atoms with Crippen LogP contribution < -0.4 is 0 Å². The predicted molar refractivity (Wildman–Crippen MR) is 83.8 cm³/mol. The molecule has 0 aromatic carbocycles. The van der Waals surface area contributed by atoms with Crippen molar-refractivity contribution in [2.75, 3.05) is 53.4 Å². The first-order chi connectivity index (χ1) is 9.97. The summed E-state index contributed by atoms with van der Waals surface area (Å²) < 4.78 is 0. The lowest BCUT2D eigenvalue weighted by Gasteiger charge is -2.34. The molecule has 1 aliphatic heterocycles. The van der Waals surface area contributed by atoms with Gasteiger partial charge in [0.15, 0.2) is 0 Å². The van der Waals surface area contributed by atoms with Crippen LogP contribution in [0.15, 0.2) is 5.51 Å². The minimum absolute atomic E-state index is 0.0626. The monoisotopic (exact) mass is 312 g/mol. The standard InChI is InChI=1S/C14H24N4O2S/c1-11-13(21-10-15-11)14(20)17(3)8-12(19)9-18-6-4-16(2)5-7-18/h10,12,19H,4-9H2,1-3H3. The number of hydrogen-bond acceptors (Lipinski definition) is 6. The Bertz CT molecular complexity index is 471. The molecule has 1 aromatic rings. The van der Waals surface area contributed by atoms with Gasteiger partial charge < -0.3 is 14.9 Å². The summed E-state index contributed by atoms with van der Waals surface area (Å²) in [6, 6.07) is 0. The van der Waals surface area contributed by atoms with Crippen LogP contribution in [0.2, 0.25) is 0 Å². The predicted octanol–water partition coefficient (Wildman–Crippen LogP) is 0.132. The number of aliphatic hydroxyl groups is 1. The van der Waals surface area contributed by atoms with Gasteiger partial charge in [-0.3, -0.25) is 9.69 Å². The molecule has 1 aromatic heterocycles. The first kappa shape index (κ1) is 16.4. The number of hydrogen-bond donors (Lipinski definition) is 1. The van der Waals surface area contributed by atoms with Crippen LogP contribution in [0, 0.1) is 6.92 Å². The van der Waals surface area contributed by atoms with Gasteiger partial charge in [-0.1, -0.05) is 0 Å². The van der Waals surface area contributed by atoms with Crippen molar-refractivity contribution in [3.63, 3.8) is 0 Å². The molecule has 0 spiro atoms. The molecule has 1 aliphatic rings. The number of carbonyl (C=O) groups is 1. The fraction of sp³-hybridized carbons (Fsp3) is 0.714. The number of aryl methyl sites for hydroxylation is 1. The third-order valence-electron chi connectivity index (χ3n) is 3.84. The number of thiazole rings is 1. The Hall–Kier alpha value is -1.02. The largest absolute Gasteiger partial charge is 0.390 e. The van der Waals surface area contributed by atoms with E-state index in [-0.39, 0.29) is 5.91 Å². The number of piperazine rings is 1. The summed E-state index contributed by atoms with van der Waals surface area (Å²) in [5, 5.41) is 10.2. The molecule has 2 heterocycles. The van der Waals surface area contributed by atoms with Gasteiger partial charge in [0.25, 0.3) is 5.91 Å². The van der Waals surface area contributed by atoms with Crippen molar-refractivity contribution >= 4 is 17.2 Å². The van der Waals surface area contributed by atoms with E-state index in [9.17, 15) is 9.90 Å². The Morgan fingerprint density at radius 2 is 2.14 bits per heavy atom. The van der Waals surface area contributed by atoms with E-state index in [2.05, 4.69) is 21.8 Å². The quantitative estimate of drug-likeness (QED) is 0.837. The fourth-order valence-electron chi connectivity index (χ4n) is 2.47. The lowest BCUT2D eigenvalue weighted by atomic mass is 10.2. The van der Waals surface area contributed by atoms with Gasteiger partial charge in [-0.15, -0.1) is 11.3 Å². The maximum absolute atomic E-state index is 12.3. The summed E-state index contributed by atoms with van der Waals surface area (Å²) in [4.78, 5) is 23.1. The minimum atomic E-state index is -0.518. The average molecular weight is 312 g/mol. The Morgan fingerprint density at radius 3 is 2.71 bits per heavy atom. The molecular weight excluding hydrogens is 288 g/mol. The molecule has 0 saturated carbocycles. The number of nitrogens with zero attached hydrogens (tertiary/aromatic N) is 4. The fourth-order valence-corrected chi connectivity index (χ4v) is 3.26. The number of β-amino-alcohol motifs (C(OH)–C–C–N with tert-alkyl or cyclic N) is 1. The maximum atomic E-state index is 12.3. The van der Waals surface area contributed by atoms with Crippen molar-refractivity contribution in [3.8, 4) is 0 Å². The molecule has 1 atom stereocenters. The normalized spacial score (nSPS) is 18.7. The lowest BCUT2D eigenvalue weighted by molar-refractivity contribution is 0.0504. The number of aliphatic hydroxyl groups excluding tert-OH is 1. The van der Waals surface area contributed by atoms with E-state index in [4.69, 9.17) is 0 Å². The highest BCUT2D eigenvalue weighted by molar-refractivity contribution is 7.11. The molecule has 7 heteroatoms. The molecule has 2 rings (SSSR count). The van der Waals surface area contributed by atoms with Crippen molar-refractivity contribution in [1.82, 2.24) is 19.7 Å². The summed E-state index contributed by atoms with van der Waals surface area (Å²) >= 11 is 1.35. The van der Waals surface area contributed by atoms with Gasteiger partial charge in [-0.25, -0.2) is 4.98 Å². The zero-order valence-electron chi connectivity index (χ0n) is 12.9. The smallest absolute Gasteiger partial charge is 0.265 e. The third kappa shape index (κ3) is 4.47. The average Bonchev–Trinajstić information content (AvgIpc) is 2.86. The number of rotatable bonds is 5. The molecule has 118 valence electrons. The number of likely N-dealkylation sites (N-methyl/N-ethyl adjacent to an activating group) is 2. The van der Waals surface area contributed by atoms with Crippen LogP contribution >= 0.6 is 11.3 Å². The Morgan fingerprint density at radius 1 is 1.48 bits per heavy atom. The van der Waals surface area contributed by atoms with Gasteiger partial charge in [0.05, 0.1) is 17.3 Å². The molecule has 0 radical (unpaired) electrons. The van der Waals surface area contributed by atoms with Gasteiger partial charge in [0.1, 0.15) is 4.88 Å².